The molecule has 2 fully saturated rings. The van der Waals surface area contributed by atoms with Crippen LogP contribution in [0.2, 0.25) is 0 Å². The molecule has 0 aromatic rings. The largest absolute Gasteiger partial charge is 0.379 e. The zero-order valence-electron chi connectivity index (χ0n) is 12.8. The summed E-state index contributed by atoms with van der Waals surface area (Å²) in [4.78, 5) is 2.57. The van der Waals surface area contributed by atoms with Crippen molar-refractivity contribution < 1.29 is 4.74 Å². The lowest BCUT2D eigenvalue weighted by molar-refractivity contribution is -0.0106. The van der Waals surface area contributed by atoms with Gasteiger partial charge < -0.3 is 10.1 Å². The van der Waals surface area contributed by atoms with Gasteiger partial charge in [0, 0.05) is 36.5 Å². The van der Waals surface area contributed by atoms with Crippen LogP contribution in [0.4, 0.5) is 0 Å². The number of thioether (sulfide) groups is 1. The highest BCUT2D eigenvalue weighted by molar-refractivity contribution is 7.99. The fraction of sp³-hybridized carbons (Fsp3) is 1.00. The molecule has 2 rings (SSSR count). The number of morpholine rings is 1. The van der Waals surface area contributed by atoms with E-state index in [9.17, 15) is 0 Å². The lowest BCUT2D eigenvalue weighted by Crippen LogP contribution is -2.57. The van der Waals surface area contributed by atoms with Crippen LogP contribution in [0.1, 0.15) is 39.5 Å². The summed E-state index contributed by atoms with van der Waals surface area (Å²) in [5.41, 5.74) is 0.240. The third kappa shape index (κ3) is 4.35. The second-order valence-electron chi connectivity index (χ2n) is 6.46. The third-order valence-corrected chi connectivity index (χ3v) is 5.84. The van der Waals surface area contributed by atoms with Gasteiger partial charge in [-0.05, 0) is 32.9 Å². The van der Waals surface area contributed by atoms with Gasteiger partial charge in [-0.1, -0.05) is 12.8 Å². The molecule has 0 spiro atoms. The van der Waals surface area contributed by atoms with Crippen LogP contribution in [-0.4, -0.2) is 60.8 Å². The molecule has 3 nitrogen and oxygen atoms in total. The van der Waals surface area contributed by atoms with Crippen molar-refractivity contribution in [3.8, 4) is 0 Å². The molecule has 0 radical (unpaired) electrons. The highest BCUT2D eigenvalue weighted by atomic mass is 32.2. The minimum atomic E-state index is 0.240. The normalized spacial score (nSPS) is 30.5. The Morgan fingerprint density at radius 3 is 2.58 bits per heavy atom. The molecule has 1 N–H and O–H groups in total. The number of rotatable bonds is 5. The third-order valence-electron chi connectivity index (χ3n) is 4.67. The Hall–Kier alpha value is 0.230. The van der Waals surface area contributed by atoms with Crippen LogP contribution in [0.15, 0.2) is 0 Å². The fourth-order valence-corrected chi connectivity index (χ4v) is 4.24. The highest BCUT2D eigenvalue weighted by Gasteiger charge is 2.31. The summed E-state index contributed by atoms with van der Waals surface area (Å²) in [5.74, 6) is 0. The zero-order chi connectivity index (χ0) is 13.7. The van der Waals surface area contributed by atoms with E-state index < -0.39 is 0 Å². The lowest BCUT2D eigenvalue weighted by Gasteiger charge is -2.42. The predicted octanol–water partition coefficient (Wildman–Crippen LogP) is 2.36. The van der Waals surface area contributed by atoms with Crippen LogP contribution in [0, 0.1) is 0 Å². The molecule has 1 aliphatic heterocycles. The van der Waals surface area contributed by atoms with Crippen LogP contribution in [0.3, 0.4) is 0 Å². The van der Waals surface area contributed by atoms with Gasteiger partial charge in [-0.3, -0.25) is 4.90 Å². The molecule has 0 amide bonds. The standard InChI is InChI=1S/C15H30N2OS/c1-15(2,17-8-10-18-11-9-17)12-16-13-6-4-5-7-14(13)19-3/h13-14,16H,4-12H2,1-3H3/t13-,14+/m0/s1. The van der Waals surface area contributed by atoms with Crippen LogP contribution < -0.4 is 5.32 Å². The van der Waals surface area contributed by atoms with Gasteiger partial charge in [0.05, 0.1) is 13.2 Å². The molecule has 1 aliphatic carbocycles. The van der Waals surface area contributed by atoms with Crippen LogP contribution in [0.5, 0.6) is 0 Å². The van der Waals surface area contributed by atoms with Crippen molar-refractivity contribution in [2.75, 3.05) is 39.1 Å². The first-order valence-electron chi connectivity index (χ1n) is 7.72. The maximum absolute atomic E-state index is 5.46. The first kappa shape index (κ1) is 15.6. The minimum absolute atomic E-state index is 0.240. The molecule has 4 heteroatoms. The maximum Gasteiger partial charge on any atom is 0.0594 e. The van der Waals surface area contributed by atoms with Crippen molar-refractivity contribution in [2.45, 2.75) is 56.4 Å². The van der Waals surface area contributed by atoms with Gasteiger partial charge in [0.1, 0.15) is 0 Å². The first-order valence-corrected chi connectivity index (χ1v) is 9.01. The number of ether oxygens (including phenoxy) is 1. The summed E-state index contributed by atoms with van der Waals surface area (Å²) in [5, 5.41) is 4.67. The molecule has 2 aliphatic rings. The van der Waals surface area contributed by atoms with Crippen molar-refractivity contribution in [2.24, 2.45) is 0 Å². The number of nitrogens with one attached hydrogen (secondary N) is 1. The Bertz CT molecular complexity index is 267. The summed E-state index contributed by atoms with van der Waals surface area (Å²) in [6, 6.07) is 0.712. The average molecular weight is 286 g/mol. The fourth-order valence-electron chi connectivity index (χ4n) is 3.27. The van der Waals surface area contributed by atoms with E-state index in [1.807, 2.05) is 11.8 Å². The molecule has 1 heterocycles. The van der Waals surface area contributed by atoms with E-state index in [4.69, 9.17) is 4.74 Å². The van der Waals surface area contributed by atoms with Gasteiger partial charge in [-0.15, -0.1) is 0 Å². The molecule has 19 heavy (non-hydrogen) atoms. The van der Waals surface area contributed by atoms with E-state index in [0.717, 1.165) is 38.1 Å². The Kier molecular flexibility index (Phi) is 6.00. The molecule has 0 aromatic heterocycles. The average Bonchev–Trinajstić information content (AvgIpc) is 2.46. The molecule has 1 saturated heterocycles. The van der Waals surface area contributed by atoms with Crippen LogP contribution in [-0.2, 0) is 4.74 Å². The first-order chi connectivity index (χ1) is 9.13. The van der Waals surface area contributed by atoms with Gasteiger partial charge >= 0.3 is 0 Å². The number of hydrogen-bond acceptors (Lipinski definition) is 4. The summed E-state index contributed by atoms with van der Waals surface area (Å²) in [6.07, 6.45) is 7.81. The maximum atomic E-state index is 5.46. The van der Waals surface area contributed by atoms with E-state index >= 15 is 0 Å². The molecular weight excluding hydrogens is 256 g/mol. The van der Waals surface area contributed by atoms with Crippen LogP contribution >= 0.6 is 11.8 Å². The van der Waals surface area contributed by atoms with Crippen molar-refractivity contribution in [3.63, 3.8) is 0 Å². The van der Waals surface area contributed by atoms with E-state index in [-0.39, 0.29) is 5.54 Å². The van der Waals surface area contributed by atoms with Crippen molar-refractivity contribution in [3.05, 3.63) is 0 Å². The highest BCUT2D eigenvalue weighted by Crippen LogP contribution is 2.27. The monoisotopic (exact) mass is 286 g/mol. The summed E-state index contributed by atoms with van der Waals surface area (Å²) in [6.45, 7) is 9.75. The van der Waals surface area contributed by atoms with E-state index in [0.29, 0.717) is 6.04 Å². The Labute approximate surface area is 122 Å². The quantitative estimate of drug-likeness (QED) is 0.838. The molecule has 1 saturated carbocycles. The second kappa shape index (κ2) is 7.30. The van der Waals surface area contributed by atoms with Gasteiger partial charge in [0.25, 0.3) is 0 Å². The topological polar surface area (TPSA) is 24.5 Å². The summed E-state index contributed by atoms with van der Waals surface area (Å²) >= 11 is 2.04. The van der Waals surface area contributed by atoms with Gasteiger partial charge in [0.15, 0.2) is 0 Å². The Balaban J connectivity index is 1.81. The van der Waals surface area contributed by atoms with Crippen molar-refractivity contribution >= 4 is 11.8 Å². The Morgan fingerprint density at radius 1 is 1.21 bits per heavy atom. The molecule has 0 aromatic carbocycles. The van der Waals surface area contributed by atoms with E-state index in [1.54, 1.807) is 0 Å². The van der Waals surface area contributed by atoms with Crippen molar-refractivity contribution in [1.29, 1.82) is 0 Å². The van der Waals surface area contributed by atoms with Crippen molar-refractivity contribution in [1.82, 2.24) is 10.2 Å². The summed E-state index contributed by atoms with van der Waals surface area (Å²) < 4.78 is 5.46. The lowest BCUT2D eigenvalue weighted by atomic mass is 9.93. The van der Waals surface area contributed by atoms with Gasteiger partial charge in [-0.25, -0.2) is 0 Å². The second-order valence-corrected chi connectivity index (χ2v) is 7.53. The molecule has 0 bridgehead atoms. The number of nitrogens with zero attached hydrogens (tertiary/aromatic N) is 1. The molecule has 0 unspecified atom stereocenters. The Morgan fingerprint density at radius 2 is 1.89 bits per heavy atom. The zero-order valence-corrected chi connectivity index (χ0v) is 13.6. The van der Waals surface area contributed by atoms with Crippen LogP contribution in [0.25, 0.3) is 0 Å². The van der Waals surface area contributed by atoms with Gasteiger partial charge in [0.2, 0.25) is 0 Å². The van der Waals surface area contributed by atoms with E-state index in [1.165, 1.54) is 25.7 Å². The van der Waals surface area contributed by atoms with Gasteiger partial charge in [-0.2, -0.15) is 11.8 Å². The number of hydrogen-bond donors (Lipinski definition) is 1. The SMILES string of the molecule is CS[C@@H]1CCCC[C@@H]1NCC(C)(C)N1CCOCC1. The molecule has 2 atom stereocenters. The summed E-state index contributed by atoms with van der Waals surface area (Å²) in [7, 11) is 0. The molecule has 112 valence electrons. The minimum Gasteiger partial charge on any atom is -0.379 e. The molecular formula is C15H30N2OS. The predicted molar refractivity (Wildman–Crippen MR) is 84.0 cm³/mol. The smallest absolute Gasteiger partial charge is 0.0594 e. The van der Waals surface area contributed by atoms with E-state index in [2.05, 4.69) is 30.3 Å².